The molecule has 0 radical (unpaired) electrons. The number of benzene rings is 4. The number of nitrogen functional groups attached to an aromatic ring is 4. The second kappa shape index (κ2) is 32.0. The van der Waals surface area contributed by atoms with Crippen LogP contribution in [0.2, 0.25) is 0 Å². The van der Waals surface area contributed by atoms with Gasteiger partial charge in [0, 0.05) is 48.4 Å². The summed E-state index contributed by atoms with van der Waals surface area (Å²) in [7, 11) is -13.5. The van der Waals surface area contributed by atoms with Crippen molar-refractivity contribution >= 4 is 98.8 Å². The maximum atomic E-state index is 12.7. The summed E-state index contributed by atoms with van der Waals surface area (Å²) in [6.07, 6.45) is 5.20. The Kier molecular flexibility index (Phi) is 22.4. The summed E-state index contributed by atoms with van der Waals surface area (Å²) in [5.74, 6) is 2.34. The molecule has 568 valence electrons. The first-order valence-corrected chi connectivity index (χ1v) is 39.9. The van der Waals surface area contributed by atoms with Gasteiger partial charge >= 0.3 is 30.4 Å². The van der Waals surface area contributed by atoms with Crippen molar-refractivity contribution < 1.29 is 73.4 Å². The molecule has 4 aliphatic rings. The van der Waals surface area contributed by atoms with Crippen LogP contribution >= 0.6 is 30.4 Å². The van der Waals surface area contributed by atoms with Crippen LogP contribution in [0.4, 0.5) is 23.8 Å². The van der Waals surface area contributed by atoms with Crippen LogP contribution in [0.15, 0.2) is 117 Å². The maximum Gasteiger partial charge on any atom is 0.405 e. The maximum absolute atomic E-state index is 12.7. The Balaban J connectivity index is 0.000000127. The van der Waals surface area contributed by atoms with Crippen LogP contribution in [0.5, 0.6) is 23.0 Å². The molecule has 8 aromatic heterocycles. The number of aromatic nitrogens is 16. The summed E-state index contributed by atoms with van der Waals surface area (Å²) in [4.78, 5) is 89.0. The number of ether oxygens (including phenoxy) is 4. The van der Waals surface area contributed by atoms with Gasteiger partial charge in [0.1, 0.15) is 23.0 Å². The number of aryl methyl sites for hydroxylation is 4. The second-order valence-electron chi connectivity index (χ2n) is 24.6. The number of hydrogen-bond donors (Lipinski definition) is 8. The van der Waals surface area contributed by atoms with Crippen molar-refractivity contribution in [2.75, 3.05) is 74.8 Å². The van der Waals surface area contributed by atoms with Crippen LogP contribution in [0.1, 0.15) is 44.5 Å². The molecule has 12 N–H and O–H groups in total. The minimum atomic E-state index is -3.38. The largest absolute Gasteiger partial charge is 0.422 e. The predicted molar refractivity (Wildman–Crippen MR) is 390 cm³/mol. The molecule has 0 aliphatic carbocycles. The van der Waals surface area contributed by atoms with Gasteiger partial charge < -0.3 is 78.2 Å². The number of nitrogens with two attached hydrogens (primary N) is 4. The first-order valence-electron chi connectivity index (χ1n) is 33.0. The highest BCUT2D eigenvalue weighted by molar-refractivity contribution is 7.55. The van der Waals surface area contributed by atoms with Crippen LogP contribution in [0, 0.1) is 27.7 Å². The molecule has 16 rings (SSSR count). The topological polar surface area (TPSA) is 537 Å². The summed E-state index contributed by atoms with van der Waals surface area (Å²) in [5.41, 5.74) is 30.3. The van der Waals surface area contributed by atoms with Gasteiger partial charge in [0.05, 0.1) is 78.2 Å². The fourth-order valence-electron chi connectivity index (χ4n) is 11.2. The Morgan fingerprint density at radius 2 is 0.667 bits per heavy atom. The van der Waals surface area contributed by atoms with Gasteiger partial charge in [0.2, 0.25) is 23.8 Å². The number of nitrogens with one attached hydrogen (secondary N) is 4. The van der Waals surface area contributed by atoms with E-state index in [1.165, 1.54) is 25.3 Å². The molecule has 0 amide bonds. The number of rotatable bonds is 20. The molecule has 12 heterocycles. The zero-order valence-corrected chi connectivity index (χ0v) is 61.8. The summed E-state index contributed by atoms with van der Waals surface area (Å²) in [6.45, 7) is 10.8. The molecule has 4 aromatic carbocycles. The second-order valence-corrected chi connectivity index (χ2v) is 32.3. The molecule has 4 atom stereocenters. The highest BCUT2D eigenvalue weighted by atomic mass is 31.2. The SMILES string of the molecule is Cc1ccc2c(c1)COP(=O)(COCCn1cnc3c(=O)[nH]c(N)nc31)O2.Cc1ccc2c(c1)COP(=O)(COCCn1cnc3c(=O)[nH]c(N)nc31)O2.Cc1cccc2c1OP(=O)(COCCn1cnc3c(=O)[nH]c(N)nc31)OC2.Cc1cccc2c1OP(=O)(COCCn1cnc3c(=O)[nH]c(N)nc31)OC2. The Hall–Kier alpha value is -10.7. The third-order valence-corrected chi connectivity index (χ3v) is 22.5. The van der Waals surface area contributed by atoms with Gasteiger partial charge in [-0.15, -0.1) is 0 Å². The van der Waals surface area contributed by atoms with Crippen molar-refractivity contribution in [2.24, 2.45) is 0 Å². The lowest BCUT2D eigenvalue weighted by Gasteiger charge is -2.26. The van der Waals surface area contributed by atoms with Gasteiger partial charge in [-0.3, -0.25) is 57.2 Å². The summed E-state index contributed by atoms with van der Waals surface area (Å²) in [6, 6.07) is 22.5. The lowest BCUT2D eigenvalue weighted by molar-refractivity contribution is 0.132. The van der Waals surface area contributed by atoms with Gasteiger partial charge in [-0.25, -0.2) is 38.2 Å². The normalized spacial score (nSPS) is 19.0. The third-order valence-electron chi connectivity index (χ3n) is 16.5. The summed E-state index contributed by atoms with van der Waals surface area (Å²) in [5, 5.41) is 0. The molecular weight excluding hydrogens is 1490 g/mol. The standard InChI is InChI=1S/4C16H18N5O5P/c2*1-10-2-3-12-11(6-10)7-25-27(23,26-12)9-24-5-4-21-8-18-13-14(21)19-16(17)20-15(13)22;2*1-10-3-2-4-11-7-25-27(23,26-13(10)11)9-24-6-5-21-8-18-12-14(21)19-16(17)20-15(12)22/h2*2-3,6,8H,4-5,7,9H2,1H3,(H3,17,19,20,22);2*2-4,8H,5-7,9H2,1H3,(H3,17,19,20,22). The van der Waals surface area contributed by atoms with E-state index in [9.17, 15) is 37.4 Å². The van der Waals surface area contributed by atoms with E-state index in [-0.39, 0.29) is 124 Å². The van der Waals surface area contributed by atoms with Crippen LogP contribution in [-0.4, -0.2) is 130 Å². The lowest BCUT2D eigenvalue weighted by atomic mass is 10.1. The van der Waals surface area contributed by atoms with E-state index in [2.05, 4.69) is 59.8 Å². The Labute approximate surface area is 609 Å². The number of fused-ring (bicyclic) bond motifs is 8. The molecule has 12 aromatic rings. The third kappa shape index (κ3) is 17.6. The van der Waals surface area contributed by atoms with E-state index < -0.39 is 52.6 Å². The molecule has 4 aliphatic heterocycles. The van der Waals surface area contributed by atoms with E-state index in [1.807, 2.05) is 88.4 Å². The van der Waals surface area contributed by atoms with Crippen molar-refractivity contribution in [3.8, 4) is 23.0 Å². The van der Waals surface area contributed by atoms with Crippen molar-refractivity contribution in [1.29, 1.82) is 0 Å². The minimum Gasteiger partial charge on any atom is -0.422 e. The fraction of sp³-hybridized carbons (Fsp3) is 0.312. The molecule has 4 unspecified atom stereocenters. The minimum absolute atomic E-state index is 0.0116. The van der Waals surface area contributed by atoms with E-state index in [4.69, 9.17) is 78.1 Å². The average Bonchev–Trinajstić information content (AvgIpc) is 1.03. The molecule has 40 nitrogen and oxygen atoms in total. The molecule has 108 heavy (non-hydrogen) atoms. The number of H-pyrrole nitrogens is 4. The highest BCUT2D eigenvalue weighted by Crippen LogP contribution is 2.57. The monoisotopic (exact) mass is 1560 g/mol. The van der Waals surface area contributed by atoms with E-state index >= 15 is 0 Å². The molecule has 0 bridgehead atoms. The molecule has 44 heteroatoms. The molecule has 0 saturated carbocycles. The van der Waals surface area contributed by atoms with Crippen LogP contribution in [0.3, 0.4) is 0 Å². The summed E-state index contributed by atoms with van der Waals surface area (Å²) < 4.78 is 123. The lowest BCUT2D eigenvalue weighted by Crippen LogP contribution is -2.15. The Morgan fingerprint density at radius 1 is 0.389 bits per heavy atom. The van der Waals surface area contributed by atoms with Crippen molar-refractivity contribution in [1.82, 2.24) is 78.1 Å². The number of hydrogen-bond acceptors (Lipinski definition) is 32. The van der Waals surface area contributed by atoms with Crippen LogP contribution < -0.4 is 63.3 Å². The van der Waals surface area contributed by atoms with Gasteiger partial charge in [-0.1, -0.05) is 71.8 Å². The van der Waals surface area contributed by atoms with Crippen LogP contribution in [0.25, 0.3) is 44.7 Å². The molecular formula is C64H72N20O20P4. The number of imidazole rings is 4. The van der Waals surface area contributed by atoms with E-state index in [1.54, 1.807) is 30.4 Å². The van der Waals surface area contributed by atoms with Gasteiger partial charge in [-0.2, -0.15) is 19.9 Å². The fourth-order valence-corrected chi connectivity index (χ4v) is 16.7. The number of para-hydroxylation sites is 2. The number of aromatic amines is 4. The average molecular weight is 1570 g/mol. The first-order chi connectivity index (χ1) is 51.8. The van der Waals surface area contributed by atoms with Crippen molar-refractivity contribution in [2.45, 2.75) is 80.3 Å². The Morgan fingerprint density at radius 3 is 0.963 bits per heavy atom. The molecule has 0 saturated heterocycles. The van der Waals surface area contributed by atoms with E-state index in [0.29, 0.717) is 71.8 Å². The zero-order chi connectivity index (χ0) is 76.1. The van der Waals surface area contributed by atoms with Gasteiger partial charge in [0.25, 0.3) is 22.2 Å². The van der Waals surface area contributed by atoms with Gasteiger partial charge in [0.15, 0.2) is 70.0 Å². The number of nitrogens with zero attached hydrogens (tertiary/aromatic N) is 12. The quantitative estimate of drug-likeness (QED) is 0.0277. The Bertz CT molecular complexity index is 5480. The van der Waals surface area contributed by atoms with Crippen molar-refractivity contribution in [3.63, 3.8) is 0 Å². The first kappa shape index (κ1) is 75.5. The smallest absolute Gasteiger partial charge is 0.405 e. The molecule has 0 fully saturated rings. The van der Waals surface area contributed by atoms with Crippen LogP contribution in [-0.2, 0) is 108 Å². The van der Waals surface area contributed by atoms with Crippen molar-refractivity contribution in [3.05, 3.63) is 184 Å². The van der Waals surface area contributed by atoms with E-state index in [0.717, 1.165) is 44.5 Å². The zero-order valence-electron chi connectivity index (χ0n) is 58.2. The van der Waals surface area contributed by atoms with Gasteiger partial charge in [-0.05, 0) is 51.0 Å². The molecule has 0 spiro atoms. The number of anilines is 4. The predicted octanol–water partition coefficient (Wildman–Crippen LogP) is 7.15. The highest BCUT2D eigenvalue weighted by Gasteiger charge is 2.37. The summed E-state index contributed by atoms with van der Waals surface area (Å²) >= 11 is 0.